The Morgan fingerprint density at radius 3 is 2.55 bits per heavy atom. The lowest BCUT2D eigenvalue weighted by Gasteiger charge is -2.20. The molecule has 1 atom stereocenters. The molecule has 2 heterocycles. The fourth-order valence-corrected chi connectivity index (χ4v) is 3.61. The molecule has 2 N–H and O–H groups in total. The predicted octanol–water partition coefficient (Wildman–Crippen LogP) is 4.17. The van der Waals surface area contributed by atoms with Gasteiger partial charge >= 0.3 is 6.18 Å². The van der Waals surface area contributed by atoms with Crippen LogP contribution < -0.4 is 16.0 Å². The molecule has 0 amide bonds. The van der Waals surface area contributed by atoms with Gasteiger partial charge in [-0.3, -0.25) is 9.78 Å². The van der Waals surface area contributed by atoms with Crippen molar-refractivity contribution in [3.63, 3.8) is 0 Å². The van der Waals surface area contributed by atoms with Crippen LogP contribution >= 0.6 is 0 Å². The van der Waals surface area contributed by atoms with Crippen molar-refractivity contribution in [1.82, 2.24) is 9.55 Å². The van der Waals surface area contributed by atoms with E-state index in [9.17, 15) is 18.0 Å². The molecule has 156 valence electrons. The lowest BCUT2D eigenvalue weighted by atomic mass is 10.0. The minimum Gasteiger partial charge on any atom is -0.491 e. The van der Waals surface area contributed by atoms with E-state index in [1.807, 2.05) is 13.8 Å². The highest BCUT2D eigenvalue weighted by Gasteiger charge is 2.35. The summed E-state index contributed by atoms with van der Waals surface area (Å²) in [6, 6.07) is 3.49. The van der Waals surface area contributed by atoms with Crippen LogP contribution in [0.5, 0.6) is 5.75 Å². The quantitative estimate of drug-likeness (QED) is 0.645. The van der Waals surface area contributed by atoms with Crippen LogP contribution in [-0.4, -0.2) is 22.2 Å². The van der Waals surface area contributed by atoms with E-state index in [0.29, 0.717) is 39.7 Å². The average molecular weight is 407 g/mol. The van der Waals surface area contributed by atoms with Crippen molar-refractivity contribution >= 4 is 21.7 Å². The Labute approximate surface area is 166 Å². The molecular formula is C21H24F3N3O2. The first kappa shape index (κ1) is 21.1. The molecule has 0 saturated heterocycles. The Morgan fingerprint density at radius 2 is 1.93 bits per heavy atom. The van der Waals surface area contributed by atoms with E-state index in [1.54, 1.807) is 13.0 Å². The van der Waals surface area contributed by atoms with E-state index < -0.39 is 11.7 Å². The molecular weight excluding hydrogens is 383 g/mol. The molecule has 3 rings (SSSR count). The lowest BCUT2D eigenvalue weighted by Crippen LogP contribution is -2.29. The molecule has 1 unspecified atom stereocenters. The number of nitrogens with two attached hydrogens (primary N) is 1. The standard InChI is InChI=1S/C21H24F3N3O2/c1-11(2)7-13(25)10-29-18-9-17-15(8-16(18)21(22,23)24)14-5-6-26-12(3)19(14)20(28)27(17)4/h5-6,8-9,11,13H,7,10,25H2,1-4H3. The molecule has 1 aromatic carbocycles. The van der Waals surface area contributed by atoms with Crippen LogP contribution in [0.4, 0.5) is 13.2 Å². The monoisotopic (exact) mass is 407 g/mol. The zero-order valence-electron chi connectivity index (χ0n) is 16.8. The van der Waals surface area contributed by atoms with Gasteiger partial charge in [-0.25, -0.2) is 0 Å². The van der Waals surface area contributed by atoms with Crippen molar-refractivity contribution in [2.45, 2.75) is 39.4 Å². The van der Waals surface area contributed by atoms with Gasteiger partial charge in [-0.15, -0.1) is 0 Å². The SMILES string of the molecule is Cc1nccc2c1c(=O)n(C)c1cc(OCC(N)CC(C)C)c(C(F)(F)F)cc21. The average Bonchev–Trinajstić information content (AvgIpc) is 2.62. The number of pyridine rings is 2. The van der Waals surface area contributed by atoms with Crippen LogP contribution in [0.25, 0.3) is 21.7 Å². The summed E-state index contributed by atoms with van der Waals surface area (Å²) in [6.45, 7) is 5.58. The van der Waals surface area contributed by atoms with Crippen molar-refractivity contribution in [2.24, 2.45) is 18.7 Å². The summed E-state index contributed by atoms with van der Waals surface area (Å²) in [4.78, 5) is 16.9. The van der Waals surface area contributed by atoms with Crippen molar-refractivity contribution in [2.75, 3.05) is 6.61 Å². The molecule has 8 heteroatoms. The zero-order valence-corrected chi connectivity index (χ0v) is 16.8. The Kier molecular flexibility index (Phi) is 5.58. The highest BCUT2D eigenvalue weighted by Crippen LogP contribution is 2.40. The molecule has 0 spiro atoms. The molecule has 0 fully saturated rings. The number of ether oxygens (including phenoxy) is 1. The summed E-state index contributed by atoms with van der Waals surface area (Å²) in [6.07, 6.45) is -2.50. The highest BCUT2D eigenvalue weighted by molar-refractivity contribution is 6.06. The second-order valence-electron chi connectivity index (χ2n) is 7.75. The summed E-state index contributed by atoms with van der Waals surface area (Å²) in [7, 11) is 1.53. The number of hydrogen-bond acceptors (Lipinski definition) is 4. The normalized spacial score (nSPS) is 13.4. The van der Waals surface area contributed by atoms with Gasteiger partial charge in [0.05, 0.1) is 22.2 Å². The maximum atomic E-state index is 13.8. The molecule has 0 bridgehead atoms. The molecule has 29 heavy (non-hydrogen) atoms. The molecule has 0 aliphatic heterocycles. The third-order valence-corrected chi connectivity index (χ3v) is 4.94. The summed E-state index contributed by atoms with van der Waals surface area (Å²) in [5, 5.41) is 1.06. The smallest absolute Gasteiger partial charge is 0.419 e. The van der Waals surface area contributed by atoms with Gasteiger partial charge in [-0.05, 0) is 36.8 Å². The van der Waals surface area contributed by atoms with Crippen LogP contribution in [-0.2, 0) is 13.2 Å². The van der Waals surface area contributed by atoms with Gasteiger partial charge in [0.25, 0.3) is 5.56 Å². The lowest BCUT2D eigenvalue weighted by molar-refractivity contribution is -0.138. The Balaban J connectivity index is 2.23. The molecule has 0 saturated carbocycles. The summed E-state index contributed by atoms with van der Waals surface area (Å²) >= 11 is 0. The van der Waals surface area contributed by atoms with E-state index in [4.69, 9.17) is 10.5 Å². The van der Waals surface area contributed by atoms with Gasteiger partial charge in [-0.2, -0.15) is 13.2 Å². The first-order chi connectivity index (χ1) is 13.5. The van der Waals surface area contributed by atoms with Crippen LogP contribution in [0.1, 0.15) is 31.5 Å². The van der Waals surface area contributed by atoms with Crippen molar-refractivity contribution in [1.29, 1.82) is 0 Å². The fourth-order valence-electron chi connectivity index (χ4n) is 3.61. The third kappa shape index (κ3) is 4.07. The Morgan fingerprint density at radius 1 is 1.24 bits per heavy atom. The third-order valence-electron chi connectivity index (χ3n) is 4.94. The van der Waals surface area contributed by atoms with Gasteiger partial charge in [-0.1, -0.05) is 13.8 Å². The highest BCUT2D eigenvalue weighted by atomic mass is 19.4. The number of halogens is 3. The van der Waals surface area contributed by atoms with Gasteiger partial charge in [0.15, 0.2) is 0 Å². The van der Waals surface area contributed by atoms with Crippen molar-refractivity contribution < 1.29 is 17.9 Å². The summed E-state index contributed by atoms with van der Waals surface area (Å²) in [5.74, 6) is -0.0272. The van der Waals surface area contributed by atoms with E-state index in [2.05, 4.69) is 4.98 Å². The van der Waals surface area contributed by atoms with E-state index in [-0.39, 0.29) is 24.0 Å². The Hall–Kier alpha value is -2.61. The fraction of sp³-hybridized carbons (Fsp3) is 0.429. The van der Waals surface area contributed by atoms with Gasteiger partial charge < -0.3 is 15.0 Å². The molecule has 5 nitrogen and oxygen atoms in total. The van der Waals surface area contributed by atoms with Crippen LogP contribution in [0.3, 0.4) is 0 Å². The molecule has 3 aromatic rings. The number of fused-ring (bicyclic) bond motifs is 3. The van der Waals surface area contributed by atoms with Crippen molar-refractivity contribution in [3.8, 4) is 5.75 Å². The second-order valence-corrected chi connectivity index (χ2v) is 7.75. The summed E-state index contributed by atoms with van der Waals surface area (Å²) in [5.41, 5.74) is 5.59. The van der Waals surface area contributed by atoms with Gasteiger partial charge in [0.1, 0.15) is 12.4 Å². The van der Waals surface area contributed by atoms with Crippen LogP contribution in [0, 0.1) is 12.8 Å². The first-order valence-corrected chi connectivity index (χ1v) is 9.38. The predicted molar refractivity (Wildman–Crippen MR) is 107 cm³/mol. The minimum atomic E-state index is -4.62. The molecule has 2 aromatic heterocycles. The summed E-state index contributed by atoms with van der Waals surface area (Å²) < 4.78 is 48.2. The number of benzene rings is 1. The van der Waals surface area contributed by atoms with E-state index >= 15 is 0 Å². The molecule has 0 aliphatic rings. The largest absolute Gasteiger partial charge is 0.491 e. The topological polar surface area (TPSA) is 70.1 Å². The second kappa shape index (κ2) is 7.67. The number of nitrogens with zero attached hydrogens (tertiary/aromatic N) is 2. The van der Waals surface area contributed by atoms with E-state index in [0.717, 1.165) is 6.07 Å². The van der Waals surface area contributed by atoms with Gasteiger partial charge in [0, 0.05) is 30.7 Å². The maximum absolute atomic E-state index is 13.8. The van der Waals surface area contributed by atoms with E-state index in [1.165, 1.54) is 23.9 Å². The Bertz CT molecular complexity index is 1120. The van der Waals surface area contributed by atoms with Crippen LogP contribution in [0.2, 0.25) is 0 Å². The molecule has 0 aliphatic carbocycles. The number of hydrogen-bond donors (Lipinski definition) is 1. The molecule has 0 radical (unpaired) electrons. The maximum Gasteiger partial charge on any atom is 0.419 e. The van der Waals surface area contributed by atoms with Crippen LogP contribution in [0.15, 0.2) is 29.2 Å². The first-order valence-electron chi connectivity index (χ1n) is 9.38. The number of aryl methyl sites for hydroxylation is 2. The minimum absolute atomic E-state index is 0.0443. The number of aromatic nitrogens is 2. The van der Waals surface area contributed by atoms with Gasteiger partial charge in [0.2, 0.25) is 0 Å². The zero-order chi connectivity index (χ0) is 21.5. The number of rotatable bonds is 5. The van der Waals surface area contributed by atoms with Crippen molar-refractivity contribution in [3.05, 3.63) is 46.0 Å². The number of alkyl halides is 3.